The molecule has 0 unspecified atom stereocenters. The number of benzene rings is 1. The van der Waals surface area contributed by atoms with Crippen LogP contribution in [-0.4, -0.2) is 16.5 Å². The van der Waals surface area contributed by atoms with Crippen molar-refractivity contribution >= 4 is 23.2 Å². The van der Waals surface area contributed by atoms with Crippen molar-refractivity contribution in [3.63, 3.8) is 0 Å². The average molecular weight is 277 g/mol. The summed E-state index contributed by atoms with van der Waals surface area (Å²) in [5, 5.41) is 6.89. The van der Waals surface area contributed by atoms with Crippen LogP contribution in [0.25, 0.3) is 0 Å². The Bertz CT molecular complexity index is 668. The van der Waals surface area contributed by atoms with Crippen LogP contribution < -0.4 is 16.2 Å². The first-order valence-electron chi connectivity index (χ1n) is 6.08. The predicted octanol–water partition coefficient (Wildman–Crippen LogP) is 1.81. The second-order valence-electron chi connectivity index (χ2n) is 4.40. The standard InChI is InChI=1S/C13H13ClN4O/c14-8-2-1-3-9(6-8)16-13-17-11-7-15-5-4-10(11)12(19)18-13/h1-3,6,15H,4-5,7H2,(H2,16,17,18,19). The van der Waals surface area contributed by atoms with Gasteiger partial charge in [-0.15, -0.1) is 0 Å². The Morgan fingerprint density at radius 1 is 1.37 bits per heavy atom. The normalized spacial score (nSPS) is 13.9. The summed E-state index contributed by atoms with van der Waals surface area (Å²) >= 11 is 5.92. The molecule has 1 aliphatic rings. The number of hydrogen-bond acceptors (Lipinski definition) is 4. The van der Waals surface area contributed by atoms with Gasteiger partial charge >= 0.3 is 0 Å². The van der Waals surface area contributed by atoms with Crippen molar-refractivity contribution in [2.45, 2.75) is 13.0 Å². The molecule has 0 spiro atoms. The van der Waals surface area contributed by atoms with Gasteiger partial charge in [0, 0.05) is 22.8 Å². The molecule has 3 rings (SSSR count). The van der Waals surface area contributed by atoms with Crippen LogP contribution in [0.4, 0.5) is 11.6 Å². The zero-order valence-electron chi connectivity index (χ0n) is 10.2. The lowest BCUT2D eigenvalue weighted by Gasteiger charge is -2.16. The molecule has 1 aromatic heterocycles. The molecule has 0 radical (unpaired) electrons. The van der Waals surface area contributed by atoms with Crippen LogP contribution in [0, 0.1) is 0 Å². The molecule has 0 fully saturated rings. The van der Waals surface area contributed by atoms with E-state index in [4.69, 9.17) is 11.6 Å². The Morgan fingerprint density at radius 3 is 3.11 bits per heavy atom. The minimum absolute atomic E-state index is 0.0731. The van der Waals surface area contributed by atoms with E-state index in [1.165, 1.54) is 0 Å². The maximum Gasteiger partial charge on any atom is 0.255 e. The van der Waals surface area contributed by atoms with Gasteiger partial charge in [-0.05, 0) is 31.2 Å². The van der Waals surface area contributed by atoms with E-state index in [0.29, 0.717) is 17.5 Å². The molecule has 19 heavy (non-hydrogen) atoms. The van der Waals surface area contributed by atoms with Crippen LogP contribution >= 0.6 is 11.6 Å². The van der Waals surface area contributed by atoms with Crippen molar-refractivity contribution in [1.29, 1.82) is 0 Å². The van der Waals surface area contributed by atoms with Crippen molar-refractivity contribution in [3.8, 4) is 0 Å². The van der Waals surface area contributed by atoms with E-state index in [1.807, 2.05) is 12.1 Å². The molecular formula is C13H13ClN4O. The third-order valence-corrected chi connectivity index (χ3v) is 3.27. The fourth-order valence-corrected chi connectivity index (χ4v) is 2.32. The SMILES string of the molecule is O=c1[nH]c(Nc2cccc(Cl)c2)nc2c1CCNC2. The first-order chi connectivity index (χ1) is 9.22. The summed E-state index contributed by atoms with van der Waals surface area (Å²) in [6.45, 7) is 1.45. The fourth-order valence-electron chi connectivity index (χ4n) is 2.13. The Kier molecular flexibility index (Phi) is 3.23. The summed E-state index contributed by atoms with van der Waals surface area (Å²) in [7, 11) is 0. The lowest BCUT2D eigenvalue weighted by molar-refractivity contribution is 0.620. The number of fused-ring (bicyclic) bond motifs is 1. The summed E-state index contributed by atoms with van der Waals surface area (Å²) in [6, 6.07) is 7.27. The third-order valence-electron chi connectivity index (χ3n) is 3.03. The minimum Gasteiger partial charge on any atom is -0.326 e. The first-order valence-corrected chi connectivity index (χ1v) is 6.45. The molecule has 1 aliphatic heterocycles. The Labute approximate surface area is 115 Å². The second-order valence-corrected chi connectivity index (χ2v) is 4.84. The fraction of sp³-hybridized carbons (Fsp3) is 0.231. The monoisotopic (exact) mass is 276 g/mol. The lowest BCUT2D eigenvalue weighted by atomic mass is 10.1. The number of hydrogen-bond donors (Lipinski definition) is 3. The Hall–Kier alpha value is -1.85. The maximum atomic E-state index is 12.0. The van der Waals surface area contributed by atoms with Crippen molar-refractivity contribution in [3.05, 3.63) is 50.9 Å². The summed E-state index contributed by atoms with van der Waals surface area (Å²) in [6.07, 6.45) is 0.717. The van der Waals surface area contributed by atoms with Gasteiger partial charge in [-0.3, -0.25) is 9.78 Å². The van der Waals surface area contributed by atoms with Gasteiger partial charge in [-0.2, -0.15) is 0 Å². The van der Waals surface area contributed by atoms with E-state index in [-0.39, 0.29) is 5.56 Å². The summed E-state index contributed by atoms with van der Waals surface area (Å²) < 4.78 is 0. The molecular weight excluding hydrogens is 264 g/mol. The number of nitrogens with one attached hydrogen (secondary N) is 3. The van der Waals surface area contributed by atoms with Gasteiger partial charge < -0.3 is 10.6 Å². The number of anilines is 2. The average Bonchev–Trinajstić information content (AvgIpc) is 2.39. The molecule has 2 heterocycles. The molecule has 0 bridgehead atoms. The molecule has 6 heteroatoms. The summed E-state index contributed by atoms with van der Waals surface area (Å²) in [5.41, 5.74) is 2.30. The lowest BCUT2D eigenvalue weighted by Crippen LogP contribution is -2.31. The van der Waals surface area contributed by atoms with Crippen LogP contribution in [-0.2, 0) is 13.0 Å². The predicted molar refractivity (Wildman–Crippen MR) is 75.0 cm³/mol. The second kappa shape index (κ2) is 5.03. The van der Waals surface area contributed by atoms with Crippen molar-refractivity contribution in [2.75, 3.05) is 11.9 Å². The molecule has 0 saturated carbocycles. The van der Waals surface area contributed by atoms with Crippen LogP contribution in [0.2, 0.25) is 5.02 Å². The molecule has 0 atom stereocenters. The number of nitrogens with zero attached hydrogens (tertiary/aromatic N) is 1. The van der Waals surface area contributed by atoms with Crippen molar-refractivity contribution in [1.82, 2.24) is 15.3 Å². The Morgan fingerprint density at radius 2 is 2.26 bits per heavy atom. The van der Waals surface area contributed by atoms with E-state index in [0.717, 1.165) is 29.9 Å². The highest BCUT2D eigenvalue weighted by Gasteiger charge is 2.14. The zero-order valence-corrected chi connectivity index (χ0v) is 10.9. The maximum absolute atomic E-state index is 12.0. The van der Waals surface area contributed by atoms with E-state index in [1.54, 1.807) is 12.1 Å². The first kappa shape index (κ1) is 12.2. The largest absolute Gasteiger partial charge is 0.326 e. The summed E-state index contributed by atoms with van der Waals surface area (Å²) in [5.74, 6) is 0.440. The highest BCUT2D eigenvalue weighted by atomic mass is 35.5. The third kappa shape index (κ3) is 2.62. The topological polar surface area (TPSA) is 69.8 Å². The van der Waals surface area contributed by atoms with Gasteiger partial charge in [0.2, 0.25) is 5.95 Å². The molecule has 0 saturated heterocycles. The van der Waals surface area contributed by atoms with Gasteiger partial charge in [-0.1, -0.05) is 17.7 Å². The number of aromatic nitrogens is 2. The zero-order chi connectivity index (χ0) is 13.2. The van der Waals surface area contributed by atoms with Crippen molar-refractivity contribution < 1.29 is 0 Å². The molecule has 2 aromatic rings. The van der Waals surface area contributed by atoms with Gasteiger partial charge in [-0.25, -0.2) is 4.98 Å². The van der Waals surface area contributed by atoms with Gasteiger partial charge in [0.1, 0.15) is 0 Å². The van der Waals surface area contributed by atoms with Crippen molar-refractivity contribution in [2.24, 2.45) is 0 Å². The van der Waals surface area contributed by atoms with E-state index in [9.17, 15) is 4.79 Å². The quantitative estimate of drug-likeness (QED) is 0.782. The van der Waals surface area contributed by atoms with Gasteiger partial charge in [0.15, 0.2) is 0 Å². The highest BCUT2D eigenvalue weighted by molar-refractivity contribution is 6.30. The molecule has 3 N–H and O–H groups in total. The van der Waals surface area contributed by atoms with Gasteiger partial charge in [0.05, 0.1) is 5.69 Å². The smallest absolute Gasteiger partial charge is 0.255 e. The number of rotatable bonds is 2. The minimum atomic E-state index is -0.0731. The summed E-state index contributed by atoms with van der Waals surface area (Å²) in [4.78, 5) is 19.1. The van der Waals surface area contributed by atoms with Crippen LogP contribution in [0.15, 0.2) is 29.1 Å². The van der Waals surface area contributed by atoms with Gasteiger partial charge in [0.25, 0.3) is 5.56 Å². The van der Waals surface area contributed by atoms with E-state index < -0.39 is 0 Å². The molecule has 98 valence electrons. The number of aromatic amines is 1. The van der Waals surface area contributed by atoms with E-state index in [2.05, 4.69) is 20.6 Å². The molecule has 5 nitrogen and oxygen atoms in total. The Balaban J connectivity index is 1.94. The molecule has 0 aliphatic carbocycles. The number of halogens is 1. The number of H-pyrrole nitrogens is 1. The molecule has 0 amide bonds. The van der Waals surface area contributed by atoms with Crippen LogP contribution in [0.3, 0.4) is 0 Å². The van der Waals surface area contributed by atoms with Crippen LogP contribution in [0.5, 0.6) is 0 Å². The molecule has 1 aromatic carbocycles. The van der Waals surface area contributed by atoms with Crippen LogP contribution in [0.1, 0.15) is 11.3 Å². The van der Waals surface area contributed by atoms with E-state index >= 15 is 0 Å². The highest BCUT2D eigenvalue weighted by Crippen LogP contribution is 2.18.